The number of aromatic hydroxyl groups is 1. The first-order valence-corrected chi connectivity index (χ1v) is 9.56. The summed E-state index contributed by atoms with van der Waals surface area (Å²) in [7, 11) is 3.02. The topological polar surface area (TPSA) is 135 Å². The number of rotatable bonds is 4. The van der Waals surface area contributed by atoms with Crippen molar-refractivity contribution in [3.63, 3.8) is 0 Å². The minimum absolute atomic E-state index is 0.0920. The number of methoxy groups -OCH3 is 1. The van der Waals surface area contributed by atoms with Crippen molar-refractivity contribution < 1.29 is 24.2 Å². The highest BCUT2D eigenvalue weighted by atomic mass is 16.5. The molecule has 2 aromatic heterocycles. The maximum absolute atomic E-state index is 12.7. The molecule has 1 saturated heterocycles. The van der Waals surface area contributed by atoms with Gasteiger partial charge in [0.2, 0.25) is 5.54 Å². The fourth-order valence-electron chi connectivity index (χ4n) is 3.37. The van der Waals surface area contributed by atoms with E-state index >= 15 is 0 Å². The number of carbonyl (C=O) groups excluding carboxylic acids is 3. The summed E-state index contributed by atoms with van der Waals surface area (Å²) in [5, 5.41) is 19.2. The van der Waals surface area contributed by atoms with Crippen molar-refractivity contribution in [2.24, 2.45) is 0 Å². The van der Waals surface area contributed by atoms with Crippen LogP contribution in [0.2, 0.25) is 0 Å². The van der Waals surface area contributed by atoms with Crippen LogP contribution < -0.4 is 20.7 Å². The van der Waals surface area contributed by atoms with Gasteiger partial charge in [-0.25, -0.2) is 9.78 Å². The van der Waals surface area contributed by atoms with E-state index in [1.165, 1.54) is 31.0 Å². The quantitative estimate of drug-likeness (QED) is 0.354. The van der Waals surface area contributed by atoms with Crippen molar-refractivity contribution >= 4 is 28.6 Å². The maximum atomic E-state index is 12.7. The molecule has 1 aliphatic rings. The first-order chi connectivity index (χ1) is 15.3. The summed E-state index contributed by atoms with van der Waals surface area (Å²) in [5.41, 5.74) is -0.954. The van der Waals surface area contributed by atoms with E-state index < -0.39 is 17.5 Å². The fraction of sp³-hybridized carbons (Fsp3) is 0.182. The maximum Gasteiger partial charge on any atom is 0.323 e. The summed E-state index contributed by atoms with van der Waals surface area (Å²) in [5.74, 6) is 5.13. The van der Waals surface area contributed by atoms with Crippen LogP contribution in [0.5, 0.6) is 11.6 Å². The summed E-state index contributed by atoms with van der Waals surface area (Å²) in [6.45, 7) is -0.135. The number of nitrogens with one attached hydrogen (secondary N) is 3. The van der Waals surface area contributed by atoms with Crippen molar-refractivity contribution in [3.8, 4) is 23.5 Å². The highest BCUT2D eigenvalue weighted by Crippen LogP contribution is 2.31. The number of imide groups is 1. The molecule has 1 fully saturated rings. The lowest BCUT2D eigenvalue weighted by molar-refractivity contribution is -0.122. The molecule has 1 atom stereocenters. The number of ether oxygens (including phenoxy) is 1. The van der Waals surface area contributed by atoms with Crippen molar-refractivity contribution in [2.75, 3.05) is 14.2 Å². The first kappa shape index (κ1) is 20.7. The van der Waals surface area contributed by atoms with Crippen LogP contribution in [-0.2, 0) is 11.3 Å². The molecular formula is C22H19N5O5. The smallest absolute Gasteiger partial charge is 0.323 e. The van der Waals surface area contributed by atoms with Gasteiger partial charge in [-0.2, -0.15) is 0 Å². The van der Waals surface area contributed by atoms with Crippen molar-refractivity contribution in [2.45, 2.75) is 12.1 Å². The average Bonchev–Trinajstić information content (AvgIpc) is 3.26. The van der Waals surface area contributed by atoms with Crippen molar-refractivity contribution in [1.82, 2.24) is 25.5 Å². The number of fused-ring (bicyclic) bond motifs is 1. The molecule has 1 aliphatic heterocycles. The summed E-state index contributed by atoms with van der Waals surface area (Å²) in [4.78, 5) is 40.2. The van der Waals surface area contributed by atoms with Crippen molar-refractivity contribution in [1.29, 1.82) is 0 Å². The SMILES string of the molecule is CNC(=O)c1ccc(C#C[C@]2(Cn3cc4ccc(OC)cc4c3O)NC(=O)NC2=O)cn1. The molecular weight excluding hydrogens is 414 g/mol. The highest BCUT2D eigenvalue weighted by Gasteiger charge is 2.46. The zero-order chi connectivity index (χ0) is 22.9. The highest BCUT2D eigenvalue weighted by molar-refractivity contribution is 6.09. The normalized spacial score (nSPS) is 17.3. The molecule has 0 bridgehead atoms. The van der Waals surface area contributed by atoms with Crippen LogP contribution in [-0.4, -0.2) is 52.2 Å². The van der Waals surface area contributed by atoms with Crippen LogP contribution in [0.4, 0.5) is 4.79 Å². The molecule has 10 nitrogen and oxygen atoms in total. The summed E-state index contributed by atoms with van der Waals surface area (Å²) in [6, 6.07) is 7.60. The minimum atomic E-state index is -1.62. The van der Waals surface area contributed by atoms with Gasteiger partial charge < -0.3 is 25.0 Å². The van der Waals surface area contributed by atoms with Crippen LogP contribution >= 0.6 is 0 Å². The molecule has 3 heterocycles. The van der Waals surface area contributed by atoms with Crippen molar-refractivity contribution in [3.05, 3.63) is 54.0 Å². The van der Waals surface area contributed by atoms with E-state index in [0.29, 0.717) is 16.7 Å². The third-order valence-electron chi connectivity index (χ3n) is 5.06. The lowest BCUT2D eigenvalue weighted by Crippen LogP contribution is -2.49. The van der Waals surface area contributed by atoms with E-state index in [2.05, 4.69) is 32.8 Å². The molecule has 4 rings (SSSR count). The number of carbonyl (C=O) groups is 3. The van der Waals surface area contributed by atoms with E-state index in [-0.39, 0.29) is 24.0 Å². The van der Waals surface area contributed by atoms with Gasteiger partial charge in [0, 0.05) is 35.8 Å². The average molecular weight is 433 g/mol. The Morgan fingerprint density at radius 1 is 1.31 bits per heavy atom. The predicted octanol–water partition coefficient (Wildman–Crippen LogP) is 0.740. The lowest BCUT2D eigenvalue weighted by Gasteiger charge is -2.20. The Morgan fingerprint density at radius 3 is 2.75 bits per heavy atom. The van der Waals surface area contributed by atoms with Gasteiger partial charge in [0.15, 0.2) is 5.88 Å². The van der Waals surface area contributed by atoms with Gasteiger partial charge in [0.1, 0.15) is 11.4 Å². The van der Waals surface area contributed by atoms with Crippen LogP contribution in [0.15, 0.2) is 42.7 Å². The number of pyridine rings is 1. The Hall–Kier alpha value is -4.52. The number of hydrogen-bond acceptors (Lipinski definition) is 6. The molecule has 0 saturated carbocycles. The summed E-state index contributed by atoms with van der Waals surface area (Å²) < 4.78 is 6.64. The van der Waals surface area contributed by atoms with Crippen LogP contribution in [0, 0.1) is 11.8 Å². The fourth-order valence-corrected chi connectivity index (χ4v) is 3.37. The van der Waals surface area contributed by atoms with Gasteiger partial charge in [-0.1, -0.05) is 11.8 Å². The zero-order valence-electron chi connectivity index (χ0n) is 17.2. The Bertz CT molecular complexity index is 1300. The van der Waals surface area contributed by atoms with Crippen LogP contribution in [0.25, 0.3) is 10.8 Å². The molecule has 0 unspecified atom stereocenters. The number of urea groups is 1. The molecule has 0 aliphatic carbocycles. The predicted molar refractivity (Wildman–Crippen MR) is 114 cm³/mol. The van der Waals surface area contributed by atoms with E-state index in [1.54, 1.807) is 30.5 Å². The molecule has 4 amide bonds. The largest absolute Gasteiger partial charge is 0.497 e. The molecule has 0 spiro atoms. The summed E-state index contributed by atoms with van der Waals surface area (Å²) in [6.07, 6.45) is 3.05. The third-order valence-corrected chi connectivity index (χ3v) is 5.06. The standard InChI is InChI=1S/C22H19N5O5/c1-23-18(28)17-6-3-13(10-24-17)7-8-22(20(30)25-21(31)26-22)12-27-11-14-4-5-15(32-2)9-16(14)19(27)29/h3-6,9-11,29H,12H2,1-2H3,(H,23,28)(H2,25,26,30,31)/t22-/m1/s1. The number of hydrogen-bond donors (Lipinski definition) is 4. The Kier molecular flexibility index (Phi) is 5.16. The Morgan fingerprint density at radius 2 is 2.12 bits per heavy atom. The van der Waals surface area contributed by atoms with E-state index in [1.807, 2.05) is 0 Å². The molecule has 10 heteroatoms. The van der Waals surface area contributed by atoms with Gasteiger partial charge in [-0.05, 0) is 30.3 Å². The number of nitrogens with zero attached hydrogens (tertiary/aromatic N) is 2. The minimum Gasteiger partial charge on any atom is -0.497 e. The monoisotopic (exact) mass is 433 g/mol. The molecule has 0 radical (unpaired) electrons. The van der Waals surface area contributed by atoms with Crippen LogP contribution in [0.1, 0.15) is 16.1 Å². The molecule has 32 heavy (non-hydrogen) atoms. The first-order valence-electron chi connectivity index (χ1n) is 9.56. The van der Waals surface area contributed by atoms with Gasteiger partial charge >= 0.3 is 6.03 Å². The van der Waals surface area contributed by atoms with Gasteiger partial charge in [-0.3, -0.25) is 14.9 Å². The lowest BCUT2D eigenvalue weighted by atomic mass is 10.00. The number of amides is 4. The van der Waals surface area contributed by atoms with E-state index in [4.69, 9.17) is 4.74 Å². The number of benzene rings is 1. The third kappa shape index (κ3) is 3.67. The van der Waals surface area contributed by atoms with Gasteiger partial charge in [-0.15, -0.1) is 0 Å². The second kappa shape index (κ2) is 7.96. The molecule has 3 aromatic rings. The Labute approximate surface area is 182 Å². The van der Waals surface area contributed by atoms with Crippen LogP contribution in [0.3, 0.4) is 0 Å². The molecule has 162 valence electrons. The van der Waals surface area contributed by atoms with E-state index in [0.717, 1.165) is 5.39 Å². The molecule has 1 aromatic carbocycles. The van der Waals surface area contributed by atoms with Gasteiger partial charge in [0.05, 0.1) is 13.7 Å². The molecule has 4 N–H and O–H groups in total. The van der Waals surface area contributed by atoms with Gasteiger partial charge in [0.25, 0.3) is 11.8 Å². The van der Waals surface area contributed by atoms with E-state index in [9.17, 15) is 19.5 Å². The Balaban J connectivity index is 1.70. The zero-order valence-corrected chi connectivity index (χ0v) is 17.2. The second-order valence-corrected chi connectivity index (χ2v) is 7.11. The second-order valence-electron chi connectivity index (χ2n) is 7.11. The summed E-state index contributed by atoms with van der Waals surface area (Å²) >= 11 is 0. The number of aromatic nitrogens is 2.